The van der Waals surface area contributed by atoms with Gasteiger partial charge in [-0.1, -0.05) is 43.3 Å². The maximum atomic E-state index is 14.2. The van der Waals surface area contributed by atoms with Crippen LogP contribution in [-0.2, 0) is 0 Å². The Kier molecular flexibility index (Phi) is 6.01. The average Bonchev–Trinajstić information content (AvgIpc) is 2.67. The highest BCUT2D eigenvalue weighted by Gasteiger charge is 2.10. The summed E-state index contributed by atoms with van der Waals surface area (Å²) in [5, 5.41) is 0. The summed E-state index contributed by atoms with van der Waals surface area (Å²) >= 11 is 0. The third kappa shape index (κ3) is 4.82. The molecule has 3 aromatic rings. The Morgan fingerprint density at radius 3 is 1.89 bits per heavy atom. The standard InChI is InChI=1S/C22H19F3O2/c1-2-13-26-18-9-7-16(8-10-18)15-3-5-17(6-4-15)20-12-11-19(14-21(20)23)27-22(24)25/h3-12,14,22H,2,13H2,1H3. The second-order valence-electron chi connectivity index (χ2n) is 5.97. The molecule has 0 radical (unpaired) electrons. The number of alkyl halides is 2. The molecule has 3 rings (SSSR count). The lowest BCUT2D eigenvalue weighted by atomic mass is 10.00. The van der Waals surface area contributed by atoms with Gasteiger partial charge in [-0.05, 0) is 47.4 Å². The zero-order chi connectivity index (χ0) is 19.2. The molecule has 0 bridgehead atoms. The van der Waals surface area contributed by atoms with E-state index < -0.39 is 12.4 Å². The lowest BCUT2D eigenvalue weighted by Crippen LogP contribution is -2.02. The van der Waals surface area contributed by atoms with Crippen molar-refractivity contribution < 1.29 is 22.6 Å². The highest BCUT2D eigenvalue weighted by molar-refractivity contribution is 5.71. The largest absolute Gasteiger partial charge is 0.494 e. The summed E-state index contributed by atoms with van der Waals surface area (Å²) in [5.74, 6) is 0.0111. The second kappa shape index (κ2) is 8.62. The van der Waals surface area contributed by atoms with E-state index in [4.69, 9.17) is 4.74 Å². The van der Waals surface area contributed by atoms with Crippen LogP contribution < -0.4 is 9.47 Å². The first-order valence-electron chi connectivity index (χ1n) is 8.65. The van der Waals surface area contributed by atoms with E-state index in [0.717, 1.165) is 29.4 Å². The first-order valence-corrected chi connectivity index (χ1v) is 8.65. The fourth-order valence-electron chi connectivity index (χ4n) is 2.71. The van der Waals surface area contributed by atoms with Gasteiger partial charge in [-0.3, -0.25) is 0 Å². The molecular weight excluding hydrogens is 353 g/mol. The summed E-state index contributed by atoms with van der Waals surface area (Å²) in [7, 11) is 0. The van der Waals surface area contributed by atoms with Gasteiger partial charge in [0.1, 0.15) is 17.3 Å². The number of hydrogen-bond acceptors (Lipinski definition) is 2. The van der Waals surface area contributed by atoms with Gasteiger partial charge in [0.05, 0.1) is 6.61 Å². The topological polar surface area (TPSA) is 18.5 Å². The van der Waals surface area contributed by atoms with Crippen molar-refractivity contribution in [1.82, 2.24) is 0 Å². The van der Waals surface area contributed by atoms with Crippen LogP contribution in [0.3, 0.4) is 0 Å². The molecule has 0 aromatic heterocycles. The van der Waals surface area contributed by atoms with Gasteiger partial charge >= 0.3 is 6.61 Å². The lowest BCUT2D eigenvalue weighted by Gasteiger charge is -2.09. The number of rotatable bonds is 7. The lowest BCUT2D eigenvalue weighted by molar-refractivity contribution is -0.0499. The Hall–Kier alpha value is -2.95. The van der Waals surface area contributed by atoms with E-state index in [0.29, 0.717) is 17.7 Å². The van der Waals surface area contributed by atoms with Gasteiger partial charge in [-0.2, -0.15) is 8.78 Å². The number of halogens is 3. The van der Waals surface area contributed by atoms with E-state index in [1.807, 2.05) is 36.4 Å². The van der Waals surface area contributed by atoms with Gasteiger partial charge in [0.25, 0.3) is 0 Å². The maximum absolute atomic E-state index is 14.2. The molecule has 0 amide bonds. The van der Waals surface area contributed by atoms with Gasteiger partial charge < -0.3 is 9.47 Å². The van der Waals surface area contributed by atoms with E-state index in [2.05, 4.69) is 11.7 Å². The van der Waals surface area contributed by atoms with Crippen molar-refractivity contribution in [3.05, 3.63) is 72.5 Å². The molecule has 0 saturated carbocycles. The van der Waals surface area contributed by atoms with Crippen LogP contribution in [0.15, 0.2) is 66.7 Å². The molecule has 0 aliphatic carbocycles. The minimum Gasteiger partial charge on any atom is -0.494 e. The average molecular weight is 372 g/mol. The van der Waals surface area contributed by atoms with Crippen molar-refractivity contribution in [2.24, 2.45) is 0 Å². The van der Waals surface area contributed by atoms with Crippen LogP contribution in [0.5, 0.6) is 11.5 Å². The van der Waals surface area contributed by atoms with E-state index >= 15 is 0 Å². The maximum Gasteiger partial charge on any atom is 0.387 e. The van der Waals surface area contributed by atoms with Crippen LogP contribution >= 0.6 is 0 Å². The Morgan fingerprint density at radius 2 is 1.33 bits per heavy atom. The van der Waals surface area contributed by atoms with Gasteiger partial charge in [0.15, 0.2) is 0 Å². The molecule has 2 nitrogen and oxygen atoms in total. The fourth-order valence-corrected chi connectivity index (χ4v) is 2.71. The number of ether oxygens (including phenoxy) is 2. The Balaban J connectivity index is 1.77. The zero-order valence-corrected chi connectivity index (χ0v) is 14.8. The van der Waals surface area contributed by atoms with Gasteiger partial charge in [0.2, 0.25) is 0 Å². The van der Waals surface area contributed by atoms with Gasteiger partial charge in [-0.25, -0.2) is 4.39 Å². The fraction of sp³-hybridized carbons (Fsp3) is 0.182. The first kappa shape index (κ1) is 18.8. The molecule has 0 aliphatic rings. The van der Waals surface area contributed by atoms with E-state index in [1.165, 1.54) is 12.1 Å². The molecule has 0 atom stereocenters. The highest BCUT2D eigenvalue weighted by Crippen LogP contribution is 2.29. The molecule has 0 unspecified atom stereocenters. The van der Waals surface area contributed by atoms with Crippen LogP contribution in [0.25, 0.3) is 22.3 Å². The molecule has 0 saturated heterocycles. The molecule has 0 aliphatic heterocycles. The minimum atomic E-state index is -2.98. The van der Waals surface area contributed by atoms with Crippen LogP contribution in [0, 0.1) is 5.82 Å². The van der Waals surface area contributed by atoms with E-state index in [9.17, 15) is 13.2 Å². The molecular formula is C22H19F3O2. The monoisotopic (exact) mass is 372 g/mol. The second-order valence-corrected chi connectivity index (χ2v) is 5.97. The summed E-state index contributed by atoms with van der Waals surface area (Å²) in [6.45, 7) is -0.243. The Bertz CT molecular complexity index is 875. The summed E-state index contributed by atoms with van der Waals surface area (Å²) in [5.41, 5.74) is 2.99. The van der Waals surface area contributed by atoms with E-state index in [1.54, 1.807) is 12.1 Å². The molecule has 0 spiro atoms. The predicted octanol–water partition coefficient (Wildman–Crippen LogP) is 6.55. The quantitative estimate of drug-likeness (QED) is 0.468. The van der Waals surface area contributed by atoms with Gasteiger partial charge in [-0.15, -0.1) is 0 Å². The van der Waals surface area contributed by atoms with Crippen molar-refractivity contribution in [1.29, 1.82) is 0 Å². The van der Waals surface area contributed by atoms with Crippen LogP contribution in [0.2, 0.25) is 0 Å². The molecule has 27 heavy (non-hydrogen) atoms. The summed E-state index contributed by atoms with van der Waals surface area (Å²) in [6.07, 6.45) is 0.953. The minimum absolute atomic E-state index is 0.201. The van der Waals surface area contributed by atoms with Crippen molar-refractivity contribution >= 4 is 0 Å². The molecule has 3 aromatic carbocycles. The van der Waals surface area contributed by atoms with Crippen molar-refractivity contribution in [3.63, 3.8) is 0 Å². The van der Waals surface area contributed by atoms with E-state index in [-0.39, 0.29) is 5.75 Å². The summed E-state index contributed by atoms with van der Waals surface area (Å²) in [4.78, 5) is 0. The smallest absolute Gasteiger partial charge is 0.387 e. The third-order valence-electron chi connectivity index (χ3n) is 4.02. The van der Waals surface area contributed by atoms with Crippen LogP contribution in [0.1, 0.15) is 13.3 Å². The number of benzene rings is 3. The highest BCUT2D eigenvalue weighted by atomic mass is 19.3. The van der Waals surface area contributed by atoms with Gasteiger partial charge in [0, 0.05) is 11.6 Å². The van der Waals surface area contributed by atoms with Crippen LogP contribution in [-0.4, -0.2) is 13.2 Å². The Labute approximate surface area is 156 Å². The summed E-state index contributed by atoms with van der Waals surface area (Å²) in [6, 6.07) is 18.9. The van der Waals surface area contributed by atoms with Crippen molar-refractivity contribution in [3.8, 4) is 33.8 Å². The molecule has 0 fully saturated rings. The normalized spacial score (nSPS) is 10.9. The molecule has 5 heteroatoms. The molecule has 0 heterocycles. The predicted molar refractivity (Wildman–Crippen MR) is 99.7 cm³/mol. The third-order valence-corrected chi connectivity index (χ3v) is 4.02. The number of hydrogen-bond donors (Lipinski definition) is 0. The SMILES string of the molecule is CCCOc1ccc(-c2ccc(-c3ccc(OC(F)F)cc3F)cc2)cc1. The molecule has 140 valence electrons. The van der Waals surface area contributed by atoms with Crippen LogP contribution in [0.4, 0.5) is 13.2 Å². The van der Waals surface area contributed by atoms with Crippen molar-refractivity contribution in [2.75, 3.05) is 6.61 Å². The van der Waals surface area contributed by atoms with Crippen molar-refractivity contribution in [2.45, 2.75) is 20.0 Å². The molecule has 0 N–H and O–H groups in total. The zero-order valence-electron chi connectivity index (χ0n) is 14.8. The summed E-state index contributed by atoms with van der Waals surface area (Å²) < 4.78 is 48.4. The first-order chi connectivity index (χ1) is 13.1. The Morgan fingerprint density at radius 1 is 0.778 bits per heavy atom.